The maximum absolute atomic E-state index is 10.5. The minimum absolute atomic E-state index is 0.160. The Bertz CT molecular complexity index is 507. The highest BCUT2D eigenvalue weighted by molar-refractivity contribution is 5.46. The van der Waals surface area contributed by atoms with Crippen LogP contribution in [0.2, 0.25) is 0 Å². The molecule has 3 N–H and O–H groups in total. The van der Waals surface area contributed by atoms with Crippen molar-refractivity contribution in [1.29, 1.82) is 0 Å². The van der Waals surface area contributed by atoms with Crippen molar-refractivity contribution in [2.45, 2.75) is 30.6 Å². The van der Waals surface area contributed by atoms with Crippen molar-refractivity contribution in [3.8, 4) is 0 Å². The van der Waals surface area contributed by atoms with Gasteiger partial charge < -0.3 is 25.2 Å². The number of aliphatic hydroxyl groups is 1. The summed E-state index contributed by atoms with van der Waals surface area (Å²) in [4.78, 5) is 4.63. The van der Waals surface area contributed by atoms with Crippen LogP contribution in [0.4, 0.5) is 5.69 Å². The molecular weight excluding hydrogens is 282 g/mol. The van der Waals surface area contributed by atoms with E-state index in [9.17, 15) is 5.11 Å². The van der Waals surface area contributed by atoms with Crippen LogP contribution < -0.4 is 10.6 Å². The van der Waals surface area contributed by atoms with Crippen molar-refractivity contribution in [2.75, 3.05) is 37.7 Å². The van der Waals surface area contributed by atoms with Gasteiger partial charge in [0.1, 0.15) is 6.10 Å². The van der Waals surface area contributed by atoms with Crippen molar-refractivity contribution in [3.05, 3.63) is 30.3 Å². The number of anilines is 1. The summed E-state index contributed by atoms with van der Waals surface area (Å²) >= 11 is 0. The molecule has 3 saturated heterocycles. The number of para-hydroxylation sites is 1. The summed E-state index contributed by atoms with van der Waals surface area (Å²) in [5.74, 6) is 0. The Morgan fingerprint density at radius 2 is 1.82 bits per heavy atom. The summed E-state index contributed by atoms with van der Waals surface area (Å²) < 4.78 is 11.5. The Morgan fingerprint density at radius 3 is 2.55 bits per heavy atom. The maximum atomic E-state index is 10.5. The molecule has 3 heterocycles. The molecule has 6 heteroatoms. The molecule has 120 valence electrons. The molecule has 0 amide bonds. The number of benzene rings is 1. The van der Waals surface area contributed by atoms with Crippen LogP contribution in [0.25, 0.3) is 0 Å². The van der Waals surface area contributed by atoms with Crippen LogP contribution in [0, 0.1) is 0 Å². The van der Waals surface area contributed by atoms with Crippen molar-refractivity contribution in [2.24, 2.45) is 5.73 Å². The van der Waals surface area contributed by atoms with Gasteiger partial charge in [0.2, 0.25) is 0 Å². The van der Waals surface area contributed by atoms with Crippen LogP contribution in [-0.2, 0) is 9.47 Å². The van der Waals surface area contributed by atoms with Gasteiger partial charge in [0.05, 0.1) is 24.8 Å². The Labute approximate surface area is 130 Å². The lowest BCUT2D eigenvalue weighted by Crippen LogP contribution is -2.65. The highest BCUT2D eigenvalue weighted by Gasteiger charge is 2.51. The quantitative estimate of drug-likeness (QED) is 0.776. The third kappa shape index (κ3) is 2.41. The molecule has 3 aliphatic rings. The van der Waals surface area contributed by atoms with Gasteiger partial charge in [-0.1, -0.05) is 18.2 Å². The highest BCUT2D eigenvalue weighted by atomic mass is 16.7. The number of nitrogens with zero attached hydrogens (tertiary/aromatic N) is 2. The van der Waals surface area contributed by atoms with Crippen LogP contribution >= 0.6 is 0 Å². The Morgan fingerprint density at radius 1 is 1.09 bits per heavy atom. The lowest BCUT2D eigenvalue weighted by molar-refractivity contribution is -0.178. The molecule has 1 aromatic carbocycles. The van der Waals surface area contributed by atoms with Gasteiger partial charge in [-0.2, -0.15) is 0 Å². The minimum atomic E-state index is -0.588. The fourth-order valence-electron chi connectivity index (χ4n) is 3.74. The second kappa shape index (κ2) is 5.79. The van der Waals surface area contributed by atoms with Crippen LogP contribution in [0.5, 0.6) is 0 Å². The van der Waals surface area contributed by atoms with E-state index >= 15 is 0 Å². The molecule has 3 aliphatic heterocycles. The summed E-state index contributed by atoms with van der Waals surface area (Å²) in [6.07, 6.45) is -1.10. The summed E-state index contributed by atoms with van der Waals surface area (Å²) in [7, 11) is 0. The number of fused-ring (bicyclic) bond motifs is 2. The maximum Gasteiger partial charge on any atom is 0.176 e. The first-order chi connectivity index (χ1) is 10.7. The van der Waals surface area contributed by atoms with E-state index in [1.54, 1.807) is 0 Å². The fourth-order valence-corrected chi connectivity index (χ4v) is 3.74. The third-order valence-electron chi connectivity index (χ3n) is 5.04. The largest absolute Gasteiger partial charge is 0.390 e. The zero-order valence-corrected chi connectivity index (χ0v) is 12.5. The molecule has 5 atom stereocenters. The molecule has 5 unspecified atom stereocenters. The molecule has 0 saturated carbocycles. The van der Waals surface area contributed by atoms with E-state index in [0.29, 0.717) is 6.61 Å². The highest BCUT2D eigenvalue weighted by Crippen LogP contribution is 2.31. The van der Waals surface area contributed by atoms with E-state index in [0.717, 1.165) is 26.2 Å². The second-order valence-corrected chi connectivity index (χ2v) is 6.29. The zero-order chi connectivity index (χ0) is 15.1. The second-order valence-electron chi connectivity index (χ2n) is 6.29. The van der Waals surface area contributed by atoms with Crippen molar-refractivity contribution in [3.63, 3.8) is 0 Å². The molecular formula is C16H23N3O3. The number of piperazine rings is 1. The monoisotopic (exact) mass is 305 g/mol. The van der Waals surface area contributed by atoms with Gasteiger partial charge in [-0.15, -0.1) is 0 Å². The minimum Gasteiger partial charge on any atom is -0.390 e. The molecule has 3 fully saturated rings. The van der Waals surface area contributed by atoms with Gasteiger partial charge in [0, 0.05) is 31.9 Å². The Kier molecular flexibility index (Phi) is 3.79. The molecule has 0 aliphatic carbocycles. The van der Waals surface area contributed by atoms with Gasteiger partial charge in [-0.05, 0) is 12.1 Å². The van der Waals surface area contributed by atoms with Gasteiger partial charge in [-0.25, -0.2) is 0 Å². The Hall–Kier alpha value is -1.18. The molecule has 1 aromatic rings. The topological polar surface area (TPSA) is 71.2 Å². The van der Waals surface area contributed by atoms with E-state index in [1.165, 1.54) is 5.69 Å². The fraction of sp³-hybridized carbons (Fsp3) is 0.625. The Balaban J connectivity index is 1.43. The third-order valence-corrected chi connectivity index (χ3v) is 5.04. The SMILES string of the molecule is NC1C2COC(O2)C(N2CCN(c3ccccc3)CC2)C1O. The summed E-state index contributed by atoms with van der Waals surface area (Å²) in [6.45, 7) is 4.09. The molecule has 6 nitrogen and oxygen atoms in total. The van der Waals surface area contributed by atoms with E-state index in [4.69, 9.17) is 15.2 Å². The van der Waals surface area contributed by atoms with E-state index < -0.39 is 6.10 Å². The molecule has 0 aromatic heterocycles. The number of ether oxygens (including phenoxy) is 2. The van der Waals surface area contributed by atoms with Gasteiger partial charge in [0.15, 0.2) is 6.29 Å². The van der Waals surface area contributed by atoms with Gasteiger partial charge in [0.25, 0.3) is 0 Å². The van der Waals surface area contributed by atoms with E-state index in [-0.39, 0.29) is 24.5 Å². The summed E-state index contributed by atoms with van der Waals surface area (Å²) in [6, 6.07) is 9.90. The summed E-state index contributed by atoms with van der Waals surface area (Å²) in [5, 5.41) is 10.5. The van der Waals surface area contributed by atoms with Crippen LogP contribution in [0.3, 0.4) is 0 Å². The molecule has 4 rings (SSSR count). The van der Waals surface area contributed by atoms with Crippen molar-refractivity contribution >= 4 is 5.69 Å². The predicted octanol–water partition coefficient (Wildman–Crippen LogP) is -0.379. The average molecular weight is 305 g/mol. The molecule has 0 spiro atoms. The van der Waals surface area contributed by atoms with Crippen molar-refractivity contribution < 1.29 is 14.6 Å². The normalized spacial score (nSPS) is 39.2. The first kappa shape index (κ1) is 14.4. The van der Waals surface area contributed by atoms with Crippen molar-refractivity contribution in [1.82, 2.24) is 4.90 Å². The van der Waals surface area contributed by atoms with E-state index in [2.05, 4.69) is 34.1 Å². The van der Waals surface area contributed by atoms with E-state index in [1.807, 2.05) is 6.07 Å². The molecule has 0 radical (unpaired) electrons. The number of aliphatic hydroxyl groups excluding tert-OH is 1. The first-order valence-electron chi connectivity index (χ1n) is 7.99. The average Bonchev–Trinajstić information content (AvgIpc) is 3.01. The standard InChI is InChI=1S/C16H23N3O3/c17-13-12-10-21-16(22-12)14(15(13)20)19-8-6-18(7-9-19)11-4-2-1-3-5-11/h1-5,12-16,20H,6-10,17H2. The number of hydrogen-bond acceptors (Lipinski definition) is 6. The first-order valence-corrected chi connectivity index (χ1v) is 7.99. The number of hydrogen-bond donors (Lipinski definition) is 2. The lowest BCUT2D eigenvalue weighted by atomic mass is 9.95. The zero-order valence-electron chi connectivity index (χ0n) is 12.5. The smallest absolute Gasteiger partial charge is 0.176 e. The lowest BCUT2D eigenvalue weighted by Gasteiger charge is -2.46. The van der Waals surface area contributed by atoms with Crippen LogP contribution in [0.1, 0.15) is 0 Å². The number of rotatable bonds is 2. The van der Waals surface area contributed by atoms with Crippen LogP contribution in [-0.4, -0.2) is 73.4 Å². The predicted molar refractivity (Wildman–Crippen MR) is 82.6 cm³/mol. The van der Waals surface area contributed by atoms with Gasteiger partial charge in [-0.3, -0.25) is 4.90 Å². The van der Waals surface area contributed by atoms with Crippen LogP contribution in [0.15, 0.2) is 30.3 Å². The summed E-state index contributed by atoms with van der Waals surface area (Å²) in [5.41, 5.74) is 7.33. The molecule has 22 heavy (non-hydrogen) atoms. The van der Waals surface area contributed by atoms with Gasteiger partial charge >= 0.3 is 0 Å². The number of nitrogens with two attached hydrogens (primary N) is 1. The molecule has 2 bridgehead atoms.